The lowest BCUT2D eigenvalue weighted by Crippen LogP contribution is -2.35. The Morgan fingerprint density at radius 2 is 1.64 bits per heavy atom. The molecule has 2 fully saturated rings. The number of allylic oxidation sites excluding steroid dienone is 6. The first-order valence-corrected chi connectivity index (χ1v) is 21.9. The van der Waals surface area contributed by atoms with Crippen LogP contribution in [0.25, 0.3) is 0 Å². The number of imide groups is 1. The highest BCUT2D eigenvalue weighted by atomic mass is 19.1. The third kappa shape index (κ3) is 11.0. The van der Waals surface area contributed by atoms with Gasteiger partial charge in [-0.1, -0.05) is 71.9 Å². The van der Waals surface area contributed by atoms with Gasteiger partial charge in [0.1, 0.15) is 5.83 Å². The number of likely N-dealkylation sites (tertiary alicyclic amines) is 1. The Morgan fingerprint density at radius 3 is 2.25 bits per heavy atom. The molecule has 3 aliphatic rings. The molecule has 9 nitrogen and oxygen atoms in total. The van der Waals surface area contributed by atoms with Crippen molar-refractivity contribution in [1.82, 2.24) is 20.2 Å². The Bertz CT molecular complexity index is 2140. The number of carbonyl (C=O) groups excluding carboxylic acids is 3. The van der Waals surface area contributed by atoms with E-state index in [1.807, 2.05) is 58.3 Å². The summed E-state index contributed by atoms with van der Waals surface area (Å²) in [5.74, 6) is -1.38. The van der Waals surface area contributed by atoms with Crippen molar-refractivity contribution in [2.45, 2.75) is 112 Å². The second-order valence-corrected chi connectivity index (χ2v) is 16.9. The van der Waals surface area contributed by atoms with Gasteiger partial charge in [0.2, 0.25) is 18.3 Å². The van der Waals surface area contributed by atoms with E-state index in [1.165, 1.54) is 36.3 Å². The fourth-order valence-corrected chi connectivity index (χ4v) is 9.03. The molecular weight excluding hydrogens is 771 g/mol. The zero-order valence-corrected chi connectivity index (χ0v) is 37.4. The second-order valence-electron chi connectivity index (χ2n) is 16.9. The van der Waals surface area contributed by atoms with Gasteiger partial charge in [-0.25, -0.2) is 18.7 Å². The van der Waals surface area contributed by atoms with Crippen LogP contribution in [0.4, 0.5) is 26.1 Å². The number of halogens is 2. The van der Waals surface area contributed by atoms with Crippen LogP contribution in [0.2, 0.25) is 0 Å². The average Bonchev–Trinajstić information content (AvgIpc) is 3.44. The van der Waals surface area contributed by atoms with Crippen molar-refractivity contribution in [2.75, 3.05) is 36.0 Å². The smallest absolute Gasteiger partial charge is 0.233 e. The largest absolute Gasteiger partial charge is 0.341 e. The summed E-state index contributed by atoms with van der Waals surface area (Å²) in [6, 6.07) is 12.9. The van der Waals surface area contributed by atoms with E-state index in [2.05, 4.69) is 58.6 Å². The number of fused-ring (bicyclic) bond motifs is 1. The Labute approximate surface area is 361 Å². The van der Waals surface area contributed by atoms with Crippen LogP contribution < -0.4 is 15.1 Å². The lowest BCUT2D eigenvalue weighted by atomic mass is 9.82. The highest BCUT2D eigenvalue weighted by Gasteiger charge is 2.41. The summed E-state index contributed by atoms with van der Waals surface area (Å²) in [7, 11) is 0. The van der Waals surface area contributed by atoms with Gasteiger partial charge in [0.05, 0.1) is 23.1 Å². The SMILES string of the molecule is C=C1N(c2cccc(C)c2C(C)=O)c2cc(C3CCN(Cc4cnc(N5CCC(C(=C/C(F)=C/C(CCC)C(=O)NC=O)/C=C(\C)F)CC5)nc4)CC3)ccc2C1(C)C.CC. The molecule has 1 aromatic heterocycles. The van der Waals surface area contributed by atoms with Gasteiger partial charge in [-0.3, -0.25) is 24.6 Å². The molecule has 326 valence electrons. The maximum atomic E-state index is 15.2. The predicted octanol–water partition coefficient (Wildman–Crippen LogP) is 10.9. The number of nitrogens with one attached hydrogen (secondary N) is 1. The number of nitrogens with zero attached hydrogens (tertiary/aromatic N) is 5. The first-order chi connectivity index (χ1) is 29.2. The minimum atomic E-state index is -0.793. The molecular formula is C50H64F2N6O3. The monoisotopic (exact) mass is 835 g/mol. The number of amides is 2. The summed E-state index contributed by atoms with van der Waals surface area (Å²) in [6.45, 7) is 23.7. The maximum Gasteiger partial charge on any atom is 0.233 e. The van der Waals surface area contributed by atoms with E-state index in [9.17, 15) is 18.8 Å². The molecule has 0 aliphatic carbocycles. The van der Waals surface area contributed by atoms with E-state index in [0.29, 0.717) is 62.6 Å². The van der Waals surface area contributed by atoms with Crippen LogP contribution in [0.5, 0.6) is 0 Å². The van der Waals surface area contributed by atoms with Crippen molar-refractivity contribution in [1.29, 1.82) is 0 Å². The summed E-state index contributed by atoms with van der Waals surface area (Å²) in [5.41, 5.74) is 8.53. The van der Waals surface area contributed by atoms with Crippen LogP contribution in [0, 0.1) is 18.8 Å². The van der Waals surface area contributed by atoms with E-state index in [0.717, 1.165) is 66.2 Å². The fraction of sp³-hybridized carbons (Fsp3) is 0.460. The molecule has 0 saturated carbocycles. The van der Waals surface area contributed by atoms with Crippen LogP contribution >= 0.6 is 0 Å². The summed E-state index contributed by atoms with van der Waals surface area (Å²) in [6.07, 6.45) is 12.4. The minimum absolute atomic E-state index is 0.0513. The zero-order valence-electron chi connectivity index (χ0n) is 37.4. The normalized spacial score (nSPS) is 18.3. The molecule has 4 heterocycles. The van der Waals surface area contributed by atoms with Crippen molar-refractivity contribution >= 4 is 35.4 Å². The first-order valence-electron chi connectivity index (χ1n) is 21.9. The molecule has 3 aliphatic heterocycles. The lowest BCUT2D eigenvalue weighted by Gasteiger charge is -2.33. The number of rotatable bonds is 14. The summed E-state index contributed by atoms with van der Waals surface area (Å²) >= 11 is 0. The van der Waals surface area contributed by atoms with Crippen molar-refractivity contribution in [3.8, 4) is 0 Å². The average molecular weight is 835 g/mol. The van der Waals surface area contributed by atoms with Crippen molar-refractivity contribution in [3.63, 3.8) is 0 Å². The third-order valence-electron chi connectivity index (χ3n) is 12.3. The van der Waals surface area contributed by atoms with Gasteiger partial charge in [0.25, 0.3) is 0 Å². The highest BCUT2D eigenvalue weighted by Crippen LogP contribution is 2.52. The number of ketones is 1. The van der Waals surface area contributed by atoms with Crippen LogP contribution in [0.1, 0.15) is 126 Å². The standard InChI is InChI=1S/C48H58F2N6O3.C2H6/c1-8-10-39(46(59)53-30-57)24-41(50)25-40(23-32(3)49)37-17-21-55(22-18-37)47-51-27-35(28-52-47)29-54-19-15-36(16-20-54)38-13-14-42-44(26-38)56(34(5)48(42,6)7)43-12-9-11-31(2)45(43)33(4)58;1-2/h9,11-14,23-28,30,36-37,39H,5,8,10,15-22,29H2,1-4,6-7H3,(H,53,57,59);1-2H3/b32-23+,40-25+,41-24-;. The van der Waals surface area contributed by atoms with Crippen LogP contribution in [-0.2, 0) is 21.5 Å². The van der Waals surface area contributed by atoms with E-state index in [4.69, 9.17) is 9.97 Å². The molecule has 1 N–H and O–H groups in total. The Kier molecular flexibility index (Phi) is 16.1. The summed E-state index contributed by atoms with van der Waals surface area (Å²) < 4.78 is 29.3. The molecule has 1 unspecified atom stereocenters. The quantitative estimate of drug-likeness (QED) is 0.0974. The number of hydrogen-bond acceptors (Lipinski definition) is 8. The van der Waals surface area contributed by atoms with Gasteiger partial charge < -0.3 is 9.80 Å². The summed E-state index contributed by atoms with van der Waals surface area (Å²) in [5, 5.41) is 2.10. The molecule has 3 aromatic rings. The molecule has 61 heavy (non-hydrogen) atoms. The highest BCUT2D eigenvalue weighted by molar-refractivity contribution is 6.03. The van der Waals surface area contributed by atoms with Gasteiger partial charge in [-0.15, -0.1) is 0 Å². The minimum Gasteiger partial charge on any atom is -0.341 e. The number of hydrogen-bond donors (Lipinski definition) is 1. The zero-order chi connectivity index (χ0) is 44.4. The van der Waals surface area contributed by atoms with Gasteiger partial charge >= 0.3 is 0 Å². The molecule has 6 rings (SSSR count). The molecule has 11 heteroatoms. The number of piperidine rings is 2. The number of Topliss-reactive ketones (excluding diaryl/α,β-unsaturated/α-hetero) is 1. The second kappa shape index (κ2) is 21.0. The van der Waals surface area contributed by atoms with Crippen molar-refractivity contribution in [2.24, 2.45) is 11.8 Å². The van der Waals surface area contributed by atoms with Crippen molar-refractivity contribution < 1.29 is 23.2 Å². The summed E-state index contributed by atoms with van der Waals surface area (Å²) in [4.78, 5) is 52.0. The molecule has 0 bridgehead atoms. The van der Waals surface area contributed by atoms with Gasteiger partial charge in [-0.2, -0.15) is 0 Å². The number of benzene rings is 2. The van der Waals surface area contributed by atoms with Crippen LogP contribution in [0.15, 0.2) is 96.5 Å². The van der Waals surface area contributed by atoms with Crippen LogP contribution in [-0.4, -0.2) is 59.1 Å². The Hall–Kier alpha value is -5.29. The van der Waals surface area contributed by atoms with E-state index in [1.54, 1.807) is 6.92 Å². The van der Waals surface area contributed by atoms with E-state index >= 15 is 4.39 Å². The Morgan fingerprint density at radius 1 is 0.967 bits per heavy atom. The van der Waals surface area contributed by atoms with Gasteiger partial charge in [0.15, 0.2) is 5.78 Å². The lowest BCUT2D eigenvalue weighted by molar-refractivity contribution is -0.127. The molecule has 2 amide bonds. The molecule has 0 radical (unpaired) electrons. The molecule has 2 aromatic carbocycles. The van der Waals surface area contributed by atoms with Gasteiger partial charge in [-0.05, 0) is 130 Å². The van der Waals surface area contributed by atoms with Gasteiger partial charge in [0, 0.05) is 54.3 Å². The number of carbonyl (C=O) groups is 3. The number of aryl methyl sites for hydroxylation is 1. The Balaban J connectivity index is 0.00000347. The van der Waals surface area contributed by atoms with E-state index < -0.39 is 23.5 Å². The molecule has 2 saturated heterocycles. The third-order valence-corrected chi connectivity index (χ3v) is 12.3. The van der Waals surface area contributed by atoms with E-state index in [-0.39, 0.29) is 17.1 Å². The first kappa shape index (κ1) is 46.8. The van der Waals surface area contributed by atoms with Crippen LogP contribution in [0.3, 0.4) is 0 Å². The topological polar surface area (TPSA) is 98.7 Å². The molecule has 0 spiro atoms. The van der Waals surface area contributed by atoms with Crippen molar-refractivity contribution in [3.05, 3.63) is 124 Å². The fourth-order valence-electron chi connectivity index (χ4n) is 9.03. The number of aromatic nitrogens is 2. The maximum absolute atomic E-state index is 15.2. The number of anilines is 3. The predicted molar refractivity (Wildman–Crippen MR) is 242 cm³/mol. The molecule has 1 atom stereocenters.